The minimum absolute atomic E-state index is 0. The summed E-state index contributed by atoms with van der Waals surface area (Å²) in [7, 11) is 0. The smallest absolute Gasteiger partial charge is 0.224 e. The highest BCUT2D eigenvalue weighted by Gasteiger charge is 2.32. The first-order valence-corrected chi connectivity index (χ1v) is 8.53. The number of benzene rings is 1. The van der Waals surface area contributed by atoms with Crippen molar-refractivity contribution in [2.75, 3.05) is 19.6 Å². The van der Waals surface area contributed by atoms with Crippen LogP contribution in [-0.4, -0.2) is 35.4 Å². The van der Waals surface area contributed by atoms with E-state index in [0.717, 1.165) is 25.2 Å². The number of hydrogen-bond acceptors (Lipinski definition) is 3. The van der Waals surface area contributed by atoms with Crippen LogP contribution in [0.3, 0.4) is 0 Å². The van der Waals surface area contributed by atoms with E-state index in [0.29, 0.717) is 6.42 Å². The van der Waals surface area contributed by atoms with E-state index in [1.165, 1.54) is 5.56 Å². The van der Waals surface area contributed by atoms with Gasteiger partial charge in [-0.15, -0.1) is 12.4 Å². The van der Waals surface area contributed by atoms with Gasteiger partial charge >= 0.3 is 0 Å². The van der Waals surface area contributed by atoms with E-state index in [2.05, 4.69) is 36.3 Å². The first-order chi connectivity index (χ1) is 11.6. The number of aromatic nitrogens is 1. The summed E-state index contributed by atoms with van der Waals surface area (Å²) in [6.07, 6.45) is 4.14. The van der Waals surface area contributed by atoms with Crippen molar-refractivity contribution in [3.63, 3.8) is 0 Å². The van der Waals surface area contributed by atoms with Crippen LogP contribution in [0, 0.1) is 0 Å². The Kier molecular flexibility index (Phi) is 6.57. The van der Waals surface area contributed by atoms with Crippen LogP contribution >= 0.6 is 12.4 Å². The average Bonchev–Trinajstić information content (AvgIpc) is 2.63. The van der Waals surface area contributed by atoms with E-state index in [1.54, 1.807) is 6.20 Å². The number of nitrogens with one attached hydrogen (secondary N) is 1. The normalized spacial score (nSPS) is 17.7. The summed E-state index contributed by atoms with van der Waals surface area (Å²) in [6, 6.07) is 14.3. The number of halogens is 1. The highest BCUT2D eigenvalue weighted by molar-refractivity contribution is 5.85. The van der Waals surface area contributed by atoms with Crippen molar-refractivity contribution in [3.8, 4) is 0 Å². The number of pyridine rings is 1. The Hall–Kier alpha value is -1.91. The molecule has 2 aromatic rings. The summed E-state index contributed by atoms with van der Waals surface area (Å²) in [4.78, 5) is 19.3. The van der Waals surface area contributed by atoms with Crippen molar-refractivity contribution in [1.29, 1.82) is 0 Å². The maximum Gasteiger partial charge on any atom is 0.224 e. The molecule has 1 aromatic carbocycles. The van der Waals surface area contributed by atoms with Gasteiger partial charge in [-0.3, -0.25) is 9.78 Å². The quantitative estimate of drug-likeness (QED) is 0.910. The van der Waals surface area contributed by atoms with Crippen LogP contribution < -0.4 is 5.32 Å². The molecule has 3 rings (SSSR count). The van der Waals surface area contributed by atoms with E-state index < -0.39 is 0 Å². The molecule has 1 aliphatic heterocycles. The van der Waals surface area contributed by atoms with Gasteiger partial charge in [0.2, 0.25) is 5.91 Å². The topological polar surface area (TPSA) is 45.2 Å². The summed E-state index contributed by atoms with van der Waals surface area (Å²) >= 11 is 0. The fourth-order valence-electron chi connectivity index (χ4n) is 3.34. The monoisotopic (exact) mass is 359 g/mol. The van der Waals surface area contributed by atoms with Crippen LogP contribution in [0.15, 0.2) is 54.9 Å². The summed E-state index contributed by atoms with van der Waals surface area (Å²) < 4.78 is 0. The standard InChI is InChI=1S/C20H25N3O.ClH/c1-20(2,17-8-4-3-5-9-17)13-19(24)23-12-11-22-15-18(23)16-7-6-10-21-14-16;/h3-10,14,18,22H,11-13,15H2,1-2H3;1H. The predicted molar refractivity (Wildman–Crippen MR) is 103 cm³/mol. The molecule has 0 spiro atoms. The van der Waals surface area contributed by atoms with Crippen LogP contribution in [0.2, 0.25) is 0 Å². The van der Waals surface area contributed by atoms with Gasteiger partial charge in [0.1, 0.15) is 0 Å². The molecule has 134 valence electrons. The highest BCUT2D eigenvalue weighted by Crippen LogP contribution is 2.30. The molecular formula is C20H26ClN3O. The third-order valence-electron chi connectivity index (χ3n) is 4.78. The van der Waals surface area contributed by atoms with Crippen molar-refractivity contribution < 1.29 is 4.79 Å². The molecule has 5 heteroatoms. The first-order valence-electron chi connectivity index (χ1n) is 8.53. The van der Waals surface area contributed by atoms with E-state index in [1.807, 2.05) is 41.4 Å². The van der Waals surface area contributed by atoms with Crippen molar-refractivity contribution in [2.24, 2.45) is 0 Å². The minimum atomic E-state index is -0.178. The molecule has 25 heavy (non-hydrogen) atoms. The summed E-state index contributed by atoms with van der Waals surface area (Å²) in [5.74, 6) is 0.208. The maximum atomic E-state index is 13.0. The summed E-state index contributed by atoms with van der Waals surface area (Å²) in [5.41, 5.74) is 2.12. The Morgan fingerprint density at radius 3 is 2.68 bits per heavy atom. The SMILES string of the molecule is CC(C)(CC(=O)N1CCNCC1c1cccnc1)c1ccccc1.Cl. The van der Waals surface area contributed by atoms with Crippen LogP contribution in [0.1, 0.15) is 37.4 Å². The van der Waals surface area contributed by atoms with Gasteiger partial charge in [-0.1, -0.05) is 50.2 Å². The van der Waals surface area contributed by atoms with Gasteiger partial charge in [0, 0.05) is 38.4 Å². The molecule has 1 N–H and O–H groups in total. The van der Waals surface area contributed by atoms with Gasteiger partial charge in [0.25, 0.3) is 0 Å². The van der Waals surface area contributed by atoms with E-state index in [9.17, 15) is 4.79 Å². The zero-order valence-corrected chi connectivity index (χ0v) is 15.6. The number of amides is 1. The molecule has 0 saturated carbocycles. The zero-order chi connectivity index (χ0) is 17.0. The molecule has 1 atom stereocenters. The van der Waals surface area contributed by atoms with Gasteiger partial charge in [-0.05, 0) is 22.6 Å². The molecule has 1 unspecified atom stereocenters. The molecule has 1 aliphatic rings. The Morgan fingerprint density at radius 1 is 1.24 bits per heavy atom. The maximum absolute atomic E-state index is 13.0. The molecule has 1 aromatic heterocycles. The zero-order valence-electron chi connectivity index (χ0n) is 14.8. The molecule has 0 radical (unpaired) electrons. The Labute approximate surface area is 156 Å². The number of rotatable bonds is 4. The molecule has 1 fully saturated rings. The lowest BCUT2D eigenvalue weighted by molar-refractivity contribution is -0.135. The number of nitrogens with zero attached hydrogens (tertiary/aromatic N) is 2. The van der Waals surface area contributed by atoms with Crippen LogP contribution in [0.4, 0.5) is 0 Å². The van der Waals surface area contributed by atoms with Crippen molar-refractivity contribution in [1.82, 2.24) is 15.2 Å². The van der Waals surface area contributed by atoms with E-state index in [-0.39, 0.29) is 29.8 Å². The fraction of sp³-hybridized carbons (Fsp3) is 0.400. The lowest BCUT2D eigenvalue weighted by Gasteiger charge is -2.38. The largest absolute Gasteiger partial charge is 0.333 e. The first kappa shape index (κ1) is 19.4. The molecule has 0 bridgehead atoms. The number of hydrogen-bond donors (Lipinski definition) is 1. The fourth-order valence-corrected chi connectivity index (χ4v) is 3.34. The third kappa shape index (κ3) is 4.59. The van der Waals surface area contributed by atoms with Crippen LogP contribution in [0.25, 0.3) is 0 Å². The van der Waals surface area contributed by atoms with E-state index >= 15 is 0 Å². The molecular weight excluding hydrogens is 334 g/mol. The average molecular weight is 360 g/mol. The predicted octanol–water partition coefficient (Wildman–Crippen LogP) is 3.34. The highest BCUT2D eigenvalue weighted by atomic mass is 35.5. The number of carbonyl (C=O) groups is 1. The van der Waals surface area contributed by atoms with Gasteiger partial charge in [-0.25, -0.2) is 0 Å². The van der Waals surface area contributed by atoms with Gasteiger partial charge in [-0.2, -0.15) is 0 Å². The molecule has 1 saturated heterocycles. The van der Waals surface area contributed by atoms with E-state index in [4.69, 9.17) is 0 Å². The lowest BCUT2D eigenvalue weighted by atomic mass is 9.81. The Balaban J connectivity index is 0.00000225. The second-order valence-corrected chi connectivity index (χ2v) is 7.02. The lowest BCUT2D eigenvalue weighted by Crippen LogP contribution is -2.49. The summed E-state index contributed by atoms with van der Waals surface area (Å²) in [6.45, 7) is 6.64. The van der Waals surface area contributed by atoms with Crippen molar-refractivity contribution in [3.05, 3.63) is 66.0 Å². The number of carbonyl (C=O) groups excluding carboxylic acids is 1. The molecule has 2 heterocycles. The van der Waals surface area contributed by atoms with Crippen LogP contribution in [0.5, 0.6) is 0 Å². The van der Waals surface area contributed by atoms with Gasteiger partial charge in [0.05, 0.1) is 6.04 Å². The van der Waals surface area contributed by atoms with Crippen LogP contribution in [-0.2, 0) is 10.2 Å². The minimum Gasteiger partial charge on any atom is -0.333 e. The second-order valence-electron chi connectivity index (χ2n) is 7.02. The summed E-state index contributed by atoms with van der Waals surface area (Å²) in [5, 5.41) is 3.39. The van der Waals surface area contributed by atoms with Gasteiger partial charge < -0.3 is 10.2 Å². The van der Waals surface area contributed by atoms with Crippen molar-refractivity contribution in [2.45, 2.75) is 31.7 Å². The molecule has 4 nitrogen and oxygen atoms in total. The number of piperazine rings is 1. The third-order valence-corrected chi connectivity index (χ3v) is 4.78. The van der Waals surface area contributed by atoms with Crippen molar-refractivity contribution >= 4 is 18.3 Å². The Bertz CT molecular complexity index is 676. The molecule has 1 amide bonds. The second kappa shape index (κ2) is 8.45. The van der Waals surface area contributed by atoms with Gasteiger partial charge in [0.15, 0.2) is 0 Å². The Morgan fingerprint density at radius 2 is 2.00 bits per heavy atom. The molecule has 0 aliphatic carbocycles.